The lowest BCUT2D eigenvalue weighted by atomic mass is 10.1. The summed E-state index contributed by atoms with van der Waals surface area (Å²) < 4.78 is 0. The van der Waals surface area contributed by atoms with Crippen LogP contribution in [0.4, 0.5) is 5.69 Å². The minimum absolute atomic E-state index is 0.282. The Balaban J connectivity index is 1.81. The minimum atomic E-state index is 0.282. The maximum absolute atomic E-state index is 9.45. The van der Waals surface area contributed by atoms with Crippen LogP contribution in [0.15, 0.2) is 52.9 Å². The second kappa shape index (κ2) is 7.94. The number of nitriles is 1. The van der Waals surface area contributed by atoms with E-state index in [0.29, 0.717) is 5.01 Å². The van der Waals surface area contributed by atoms with Gasteiger partial charge in [0, 0.05) is 10.9 Å². The first kappa shape index (κ1) is 17.8. The predicted molar refractivity (Wildman–Crippen MR) is 109 cm³/mol. The summed E-state index contributed by atoms with van der Waals surface area (Å²) in [4.78, 5) is 4.59. The Bertz CT molecular complexity index is 978. The Morgan fingerprint density at radius 2 is 1.92 bits per heavy atom. The third-order valence-corrected chi connectivity index (χ3v) is 5.12. The van der Waals surface area contributed by atoms with Crippen LogP contribution in [0.2, 0.25) is 0 Å². The van der Waals surface area contributed by atoms with Crippen molar-refractivity contribution in [2.45, 2.75) is 27.2 Å². The lowest BCUT2D eigenvalue weighted by Crippen LogP contribution is -2.01. The van der Waals surface area contributed by atoms with E-state index >= 15 is 0 Å². The molecule has 130 valence electrons. The van der Waals surface area contributed by atoms with E-state index in [9.17, 15) is 5.26 Å². The molecule has 1 heterocycles. The standard InChI is InChI=1S/C21H20N4S/c1-4-16-6-9-18(10-7-16)24-25-19(12-22)21-23-20(13-26-21)17-8-5-14(2)15(3)11-17/h5-11,13,24H,4H2,1-3H3. The molecule has 0 saturated heterocycles. The van der Waals surface area contributed by atoms with Gasteiger partial charge in [-0.2, -0.15) is 10.4 Å². The maximum Gasteiger partial charge on any atom is 0.196 e. The summed E-state index contributed by atoms with van der Waals surface area (Å²) in [5.41, 5.74) is 9.73. The molecule has 0 amide bonds. The fraction of sp³-hybridized carbons (Fsp3) is 0.190. The number of rotatable bonds is 5. The van der Waals surface area contributed by atoms with Crippen LogP contribution in [-0.4, -0.2) is 10.7 Å². The van der Waals surface area contributed by atoms with Gasteiger partial charge in [-0.25, -0.2) is 4.98 Å². The van der Waals surface area contributed by atoms with E-state index < -0.39 is 0 Å². The van der Waals surface area contributed by atoms with Gasteiger partial charge >= 0.3 is 0 Å². The number of hydrogen-bond donors (Lipinski definition) is 1. The Morgan fingerprint density at radius 3 is 2.58 bits per heavy atom. The fourth-order valence-electron chi connectivity index (χ4n) is 2.47. The molecule has 0 aliphatic heterocycles. The van der Waals surface area contributed by atoms with Crippen molar-refractivity contribution in [3.05, 3.63) is 69.5 Å². The summed E-state index contributed by atoms with van der Waals surface area (Å²) in [6.45, 7) is 6.29. The number of aromatic nitrogens is 1. The summed E-state index contributed by atoms with van der Waals surface area (Å²) in [5.74, 6) is 0. The van der Waals surface area contributed by atoms with E-state index in [-0.39, 0.29) is 5.71 Å². The van der Waals surface area contributed by atoms with Gasteiger partial charge in [0.2, 0.25) is 0 Å². The molecule has 2 aromatic carbocycles. The van der Waals surface area contributed by atoms with Crippen molar-refractivity contribution in [2.24, 2.45) is 5.10 Å². The zero-order valence-electron chi connectivity index (χ0n) is 15.1. The Morgan fingerprint density at radius 1 is 1.15 bits per heavy atom. The third-order valence-electron chi connectivity index (χ3n) is 4.27. The van der Waals surface area contributed by atoms with E-state index in [1.807, 2.05) is 29.6 Å². The highest BCUT2D eigenvalue weighted by molar-refractivity contribution is 7.12. The number of thiazole rings is 1. The van der Waals surface area contributed by atoms with Gasteiger partial charge < -0.3 is 0 Å². The molecule has 4 nitrogen and oxygen atoms in total. The van der Waals surface area contributed by atoms with Crippen LogP contribution >= 0.6 is 11.3 Å². The molecule has 0 radical (unpaired) electrons. The zero-order chi connectivity index (χ0) is 18.5. The fourth-order valence-corrected chi connectivity index (χ4v) is 3.24. The van der Waals surface area contributed by atoms with Gasteiger partial charge in [0.25, 0.3) is 0 Å². The van der Waals surface area contributed by atoms with Crippen LogP contribution in [0.5, 0.6) is 0 Å². The van der Waals surface area contributed by atoms with E-state index in [2.05, 4.69) is 60.6 Å². The first-order chi connectivity index (χ1) is 12.6. The smallest absolute Gasteiger partial charge is 0.196 e. The van der Waals surface area contributed by atoms with Crippen molar-refractivity contribution >= 4 is 22.7 Å². The van der Waals surface area contributed by atoms with Crippen LogP contribution in [0.3, 0.4) is 0 Å². The molecule has 0 fully saturated rings. The quantitative estimate of drug-likeness (QED) is 0.494. The van der Waals surface area contributed by atoms with Gasteiger partial charge in [0.1, 0.15) is 6.07 Å². The summed E-state index contributed by atoms with van der Waals surface area (Å²) in [6, 6.07) is 16.4. The normalized spacial score (nSPS) is 11.2. The van der Waals surface area contributed by atoms with Crippen LogP contribution in [-0.2, 0) is 6.42 Å². The maximum atomic E-state index is 9.45. The highest BCUT2D eigenvalue weighted by atomic mass is 32.1. The molecule has 0 spiro atoms. The van der Waals surface area contributed by atoms with Crippen molar-refractivity contribution < 1.29 is 0 Å². The molecule has 0 bridgehead atoms. The highest BCUT2D eigenvalue weighted by Crippen LogP contribution is 2.24. The van der Waals surface area contributed by atoms with Crippen molar-refractivity contribution in [1.82, 2.24) is 4.98 Å². The van der Waals surface area contributed by atoms with Crippen LogP contribution in [0.1, 0.15) is 28.6 Å². The van der Waals surface area contributed by atoms with Gasteiger partial charge in [0.05, 0.1) is 11.4 Å². The number of nitrogens with one attached hydrogen (secondary N) is 1. The third kappa shape index (κ3) is 3.98. The topological polar surface area (TPSA) is 61.1 Å². The molecule has 1 aromatic heterocycles. The summed E-state index contributed by atoms with van der Waals surface area (Å²) in [7, 11) is 0. The Kier molecular flexibility index (Phi) is 5.45. The van der Waals surface area contributed by atoms with Gasteiger partial charge in [-0.15, -0.1) is 11.3 Å². The molecule has 0 saturated carbocycles. The Hall–Kier alpha value is -2.97. The number of hydrogen-bond acceptors (Lipinski definition) is 5. The average Bonchev–Trinajstić information content (AvgIpc) is 3.15. The average molecular weight is 360 g/mol. The summed E-state index contributed by atoms with van der Waals surface area (Å²) in [5, 5.41) is 16.2. The van der Waals surface area contributed by atoms with Crippen molar-refractivity contribution in [3.63, 3.8) is 0 Å². The van der Waals surface area contributed by atoms with Crippen LogP contribution in [0, 0.1) is 25.2 Å². The second-order valence-electron chi connectivity index (χ2n) is 6.07. The SMILES string of the molecule is CCc1ccc(NN=C(C#N)c2nc(-c3ccc(C)c(C)c3)cs2)cc1. The highest BCUT2D eigenvalue weighted by Gasteiger charge is 2.11. The monoisotopic (exact) mass is 360 g/mol. The van der Waals surface area contributed by atoms with Gasteiger partial charge in [-0.3, -0.25) is 5.43 Å². The molecule has 0 aliphatic carbocycles. The lowest BCUT2D eigenvalue weighted by molar-refractivity contribution is 1.14. The first-order valence-electron chi connectivity index (χ1n) is 8.47. The molecule has 26 heavy (non-hydrogen) atoms. The van der Waals surface area contributed by atoms with Crippen LogP contribution < -0.4 is 5.43 Å². The first-order valence-corrected chi connectivity index (χ1v) is 9.35. The number of aryl methyl sites for hydroxylation is 3. The second-order valence-corrected chi connectivity index (χ2v) is 6.93. The van der Waals surface area contributed by atoms with E-state index in [1.165, 1.54) is 28.0 Å². The molecule has 0 atom stereocenters. The molecule has 3 rings (SSSR count). The van der Waals surface area contributed by atoms with E-state index in [1.54, 1.807) is 0 Å². The number of benzene rings is 2. The van der Waals surface area contributed by atoms with Crippen molar-refractivity contribution in [1.29, 1.82) is 5.26 Å². The van der Waals surface area contributed by atoms with E-state index in [4.69, 9.17) is 0 Å². The summed E-state index contributed by atoms with van der Waals surface area (Å²) in [6.07, 6.45) is 0.993. The van der Waals surface area contributed by atoms with Gasteiger partial charge in [-0.1, -0.05) is 31.2 Å². The zero-order valence-corrected chi connectivity index (χ0v) is 15.9. The lowest BCUT2D eigenvalue weighted by Gasteiger charge is -2.03. The number of anilines is 1. The summed E-state index contributed by atoms with van der Waals surface area (Å²) >= 11 is 1.42. The van der Waals surface area contributed by atoms with E-state index in [0.717, 1.165) is 23.4 Å². The number of hydrazone groups is 1. The van der Waals surface area contributed by atoms with Crippen LogP contribution in [0.25, 0.3) is 11.3 Å². The molecule has 0 aliphatic rings. The Labute approximate surface area is 157 Å². The molecular formula is C21H20N4S. The molecule has 3 aromatic rings. The predicted octanol–water partition coefficient (Wildman–Crippen LogP) is 5.33. The minimum Gasteiger partial charge on any atom is -0.277 e. The number of nitrogens with zero attached hydrogens (tertiary/aromatic N) is 3. The largest absolute Gasteiger partial charge is 0.277 e. The molecule has 1 N–H and O–H groups in total. The molecular weight excluding hydrogens is 340 g/mol. The molecule has 0 unspecified atom stereocenters. The van der Waals surface area contributed by atoms with Crippen molar-refractivity contribution in [2.75, 3.05) is 5.43 Å². The molecule has 5 heteroatoms. The van der Waals surface area contributed by atoms with Gasteiger partial charge in [-0.05, 0) is 55.2 Å². The van der Waals surface area contributed by atoms with Gasteiger partial charge in [0.15, 0.2) is 10.7 Å². The van der Waals surface area contributed by atoms with Crippen molar-refractivity contribution in [3.8, 4) is 17.3 Å².